The van der Waals surface area contributed by atoms with E-state index in [9.17, 15) is 9.90 Å². The molecule has 0 amide bonds. The number of nitrogens with zero attached hydrogens (tertiary/aromatic N) is 2. The maximum atomic E-state index is 11.6. The van der Waals surface area contributed by atoms with Gasteiger partial charge in [-0.1, -0.05) is 0 Å². The second kappa shape index (κ2) is 5.98. The molecule has 0 spiro atoms. The summed E-state index contributed by atoms with van der Waals surface area (Å²) in [4.78, 5) is 17.9. The molecule has 0 aliphatic carbocycles. The van der Waals surface area contributed by atoms with E-state index in [1.54, 1.807) is 13.3 Å². The van der Waals surface area contributed by atoms with Crippen molar-refractivity contribution in [2.45, 2.75) is 24.9 Å². The Morgan fingerprint density at radius 1 is 1.63 bits per heavy atom. The fourth-order valence-corrected chi connectivity index (χ4v) is 2.80. The number of carboxylic acid groups (broad SMARTS) is 1. The van der Waals surface area contributed by atoms with Crippen molar-refractivity contribution in [1.29, 1.82) is 0 Å². The number of likely N-dealkylation sites (tertiary alicyclic amines) is 1. The number of rotatable bonds is 5. The highest BCUT2D eigenvalue weighted by atomic mass is 79.9. The first-order chi connectivity index (χ1) is 9.08. The lowest BCUT2D eigenvalue weighted by molar-refractivity contribution is -0.153. The maximum Gasteiger partial charge on any atom is 0.326 e. The molecule has 0 radical (unpaired) electrons. The lowest BCUT2D eigenvalue weighted by atomic mass is 9.97. The quantitative estimate of drug-likeness (QED) is 0.894. The number of aromatic nitrogens is 1. The zero-order valence-electron chi connectivity index (χ0n) is 10.8. The van der Waals surface area contributed by atoms with E-state index in [0.29, 0.717) is 13.0 Å². The van der Waals surface area contributed by atoms with Crippen molar-refractivity contribution in [3.63, 3.8) is 0 Å². The molecule has 2 rings (SSSR count). The molecule has 1 aromatic rings. The highest BCUT2D eigenvalue weighted by Crippen LogP contribution is 2.31. The molecule has 1 unspecified atom stereocenters. The van der Waals surface area contributed by atoms with Crippen molar-refractivity contribution >= 4 is 21.9 Å². The number of pyridine rings is 1. The summed E-state index contributed by atoms with van der Waals surface area (Å²) in [6, 6.07) is 3.82. The maximum absolute atomic E-state index is 11.6. The Morgan fingerprint density at radius 2 is 2.42 bits per heavy atom. The molecule has 2 heterocycles. The molecule has 1 fully saturated rings. The number of methoxy groups -OCH3 is 1. The minimum Gasteiger partial charge on any atom is -0.480 e. The monoisotopic (exact) mass is 328 g/mol. The van der Waals surface area contributed by atoms with Gasteiger partial charge in [0.05, 0.1) is 12.3 Å². The molecule has 5 nitrogen and oxygen atoms in total. The molecule has 1 aromatic heterocycles. The predicted octanol–water partition coefficient (Wildman–Crippen LogP) is 1.91. The van der Waals surface area contributed by atoms with E-state index >= 15 is 0 Å². The molecular formula is C13H17BrN2O3. The smallest absolute Gasteiger partial charge is 0.326 e. The largest absolute Gasteiger partial charge is 0.480 e. The first-order valence-corrected chi connectivity index (χ1v) is 6.95. The topological polar surface area (TPSA) is 62.7 Å². The first-order valence-electron chi connectivity index (χ1n) is 6.16. The normalized spacial score (nSPS) is 23.7. The van der Waals surface area contributed by atoms with Crippen LogP contribution in [0, 0.1) is 0 Å². The lowest BCUT2D eigenvalue weighted by Gasteiger charge is -2.33. The number of carbonyl (C=O) groups is 1. The Balaban J connectivity index is 2.17. The fourth-order valence-electron chi connectivity index (χ4n) is 2.57. The predicted molar refractivity (Wildman–Crippen MR) is 73.8 cm³/mol. The molecule has 1 aliphatic heterocycles. The minimum atomic E-state index is -0.913. The third kappa shape index (κ3) is 2.96. The second-order valence-electron chi connectivity index (χ2n) is 4.76. The Hall–Kier alpha value is -0.980. The molecule has 1 saturated heterocycles. The molecule has 1 N–H and O–H groups in total. The zero-order chi connectivity index (χ0) is 13.9. The van der Waals surface area contributed by atoms with Crippen LogP contribution in [-0.4, -0.2) is 46.8 Å². The van der Waals surface area contributed by atoms with Gasteiger partial charge in [0.25, 0.3) is 0 Å². The van der Waals surface area contributed by atoms with Crippen LogP contribution in [0.1, 0.15) is 18.5 Å². The molecule has 0 aromatic carbocycles. The van der Waals surface area contributed by atoms with E-state index < -0.39 is 11.5 Å². The summed E-state index contributed by atoms with van der Waals surface area (Å²) in [5.41, 5.74) is -0.0458. The SMILES string of the molecule is COCC1(C(=O)O)CCCN1Cc1ccc(Br)cn1. The molecule has 0 saturated carbocycles. The van der Waals surface area contributed by atoms with E-state index in [1.165, 1.54) is 0 Å². The van der Waals surface area contributed by atoms with Crippen LogP contribution in [0.4, 0.5) is 0 Å². The van der Waals surface area contributed by atoms with Gasteiger partial charge in [-0.3, -0.25) is 14.7 Å². The van der Waals surface area contributed by atoms with Gasteiger partial charge in [0.15, 0.2) is 0 Å². The van der Waals surface area contributed by atoms with Crippen molar-refractivity contribution in [3.05, 3.63) is 28.5 Å². The van der Waals surface area contributed by atoms with Gasteiger partial charge < -0.3 is 9.84 Å². The van der Waals surface area contributed by atoms with E-state index in [-0.39, 0.29) is 6.61 Å². The van der Waals surface area contributed by atoms with Crippen molar-refractivity contribution in [2.75, 3.05) is 20.3 Å². The van der Waals surface area contributed by atoms with Crippen LogP contribution in [0.2, 0.25) is 0 Å². The van der Waals surface area contributed by atoms with Gasteiger partial charge in [-0.15, -0.1) is 0 Å². The van der Waals surface area contributed by atoms with Gasteiger partial charge in [-0.2, -0.15) is 0 Å². The van der Waals surface area contributed by atoms with Crippen LogP contribution in [-0.2, 0) is 16.1 Å². The van der Waals surface area contributed by atoms with Crippen molar-refractivity contribution in [3.8, 4) is 0 Å². The van der Waals surface area contributed by atoms with Crippen LogP contribution >= 0.6 is 15.9 Å². The van der Waals surface area contributed by atoms with Gasteiger partial charge in [0.1, 0.15) is 5.54 Å². The zero-order valence-corrected chi connectivity index (χ0v) is 12.4. The summed E-state index contributed by atoms with van der Waals surface area (Å²) >= 11 is 3.34. The standard InChI is InChI=1S/C13H17BrN2O3/c1-19-9-13(12(17)18)5-2-6-16(13)8-11-4-3-10(14)7-15-11/h3-4,7H,2,5-6,8-9H2,1H3,(H,17,18). The van der Waals surface area contributed by atoms with Gasteiger partial charge in [0.2, 0.25) is 0 Å². The molecular weight excluding hydrogens is 312 g/mol. The van der Waals surface area contributed by atoms with Crippen LogP contribution in [0.5, 0.6) is 0 Å². The highest BCUT2D eigenvalue weighted by Gasteiger charge is 2.47. The van der Waals surface area contributed by atoms with E-state index in [1.807, 2.05) is 17.0 Å². The van der Waals surface area contributed by atoms with Crippen LogP contribution < -0.4 is 0 Å². The van der Waals surface area contributed by atoms with Crippen molar-refractivity contribution in [1.82, 2.24) is 9.88 Å². The molecule has 1 aliphatic rings. The Morgan fingerprint density at radius 3 is 3.00 bits per heavy atom. The third-order valence-corrected chi connectivity index (χ3v) is 4.02. The summed E-state index contributed by atoms with van der Waals surface area (Å²) < 4.78 is 6.04. The number of hydrogen-bond acceptors (Lipinski definition) is 4. The van der Waals surface area contributed by atoms with Gasteiger partial charge in [0, 0.05) is 24.3 Å². The summed E-state index contributed by atoms with van der Waals surface area (Å²) in [5, 5.41) is 9.54. The summed E-state index contributed by atoms with van der Waals surface area (Å²) in [7, 11) is 1.54. The Bertz CT molecular complexity index is 452. The van der Waals surface area contributed by atoms with Gasteiger partial charge >= 0.3 is 5.97 Å². The van der Waals surface area contributed by atoms with E-state index in [2.05, 4.69) is 20.9 Å². The number of carboxylic acids is 1. The second-order valence-corrected chi connectivity index (χ2v) is 5.68. The summed E-state index contributed by atoms with van der Waals surface area (Å²) in [6.45, 7) is 1.50. The average molecular weight is 329 g/mol. The number of aliphatic carboxylic acids is 1. The number of halogens is 1. The minimum absolute atomic E-state index is 0.207. The first kappa shape index (κ1) is 14.4. The lowest BCUT2D eigenvalue weighted by Crippen LogP contribution is -2.53. The van der Waals surface area contributed by atoms with Crippen LogP contribution in [0.15, 0.2) is 22.8 Å². The van der Waals surface area contributed by atoms with E-state index in [4.69, 9.17) is 4.74 Å². The molecule has 6 heteroatoms. The molecule has 0 bridgehead atoms. The Labute approximate surface area is 120 Å². The van der Waals surface area contributed by atoms with Crippen LogP contribution in [0.3, 0.4) is 0 Å². The fraction of sp³-hybridized carbons (Fsp3) is 0.538. The van der Waals surface area contributed by atoms with Gasteiger partial charge in [-0.25, -0.2) is 0 Å². The third-order valence-electron chi connectivity index (χ3n) is 3.55. The summed E-state index contributed by atoms with van der Waals surface area (Å²) in [5.74, 6) is -0.816. The highest BCUT2D eigenvalue weighted by molar-refractivity contribution is 9.10. The molecule has 1 atom stereocenters. The molecule has 104 valence electrons. The number of ether oxygens (including phenoxy) is 1. The average Bonchev–Trinajstić information content (AvgIpc) is 2.77. The molecule has 19 heavy (non-hydrogen) atoms. The van der Waals surface area contributed by atoms with Gasteiger partial charge in [-0.05, 0) is 47.4 Å². The summed E-state index contributed by atoms with van der Waals surface area (Å²) in [6.07, 6.45) is 3.21. The Kier molecular flexibility index (Phi) is 4.54. The van der Waals surface area contributed by atoms with Crippen LogP contribution in [0.25, 0.3) is 0 Å². The van der Waals surface area contributed by atoms with E-state index in [0.717, 1.165) is 23.1 Å². The van der Waals surface area contributed by atoms with Crippen molar-refractivity contribution in [2.24, 2.45) is 0 Å². The van der Waals surface area contributed by atoms with Crippen molar-refractivity contribution < 1.29 is 14.6 Å². The number of hydrogen-bond donors (Lipinski definition) is 1.